The SMILES string of the molecule is COCCn1cc2c3c(c(Cl)cc2n1)Nc1nc(=O)n(c(=O)n1Cc1cc(F)c(F)c(F)c1)-c1cncc2cccc(c12)CNC(=O)CCC3. The molecule has 8 rings (SSSR count). The maximum absolute atomic E-state index is 14.5. The Bertz CT molecular complexity index is 2420. The number of nitrogens with zero attached hydrogens (tertiary/aromatic N) is 6. The van der Waals surface area contributed by atoms with Gasteiger partial charge >= 0.3 is 11.4 Å². The van der Waals surface area contributed by atoms with Crippen LogP contribution >= 0.6 is 11.6 Å². The molecule has 256 valence electrons. The van der Waals surface area contributed by atoms with E-state index in [1.165, 1.54) is 6.20 Å². The van der Waals surface area contributed by atoms with Crippen LogP contribution in [0.3, 0.4) is 0 Å². The Morgan fingerprint density at radius 1 is 1.04 bits per heavy atom. The molecule has 0 saturated heterocycles. The number of hydrogen-bond donors (Lipinski definition) is 2. The Balaban J connectivity index is 1.50. The molecule has 3 aromatic carbocycles. The van der Waals surface area contributed by atoms with Crippen LogP contribution in [0.25, 0.3) is 27.4 Å². The standard InChI is InChI=1S/C34H28ClF3N8O4/c1-50-9-8-44-17-22-21-6-3-7-28(47)40-14-20-5-2-4-19-13-39-15-27(29(19)20)46-33(48)42-32(41-31(21)23(35)12-26(22)43-44)45(34(46)49)16-18-10-24(36)30(38)25(37)11-18/h2,4-5,10-13,15,17H,3,6-9,14,16H2,1H3,(H,40,47)(H,41,42,48). The quantitative estimate of drug-likeness (QED) is 0.245. The number of aryl methyl sites for hydroxylation is 1. The summed E-state index contributed by atoms with van der Waals surface area (Å²) in [4.78, 5) is 49.9. The molecule has 0 atom stereocenters. The summed E-state index contributed by atoms with van der Waals surface area (Å²) < 4.78 is 51.4. The molecule has 16 heteroatoms. The number of nitrogens with one attached hydrogen (secondary N) is 2. The van der Waals surface area contributed by atoms with Crippen LogP contribution < -0.4 is 22.0 Å². The van der Waals surface area contributed by atoms with Crippen LogP contribution in [-0.2, 0) is 35.6 Å². The van der Waals surface area contributed by atoms with Crippen molar-refractivity contribution in [2.24, 2.45) is 0 Å². The van der Waals surface area contributed by atoms with Gasteiger partial charge in [-0.2, -0.15) is 10.1 Å². The van der Waals surface area contributed by atoms with Crippen molar-refractivity contribution in [3.05, 3.63) is 115 Å². The monoisotopic (exact) mass is 704 g/mol. The van der Waals surface area contributed by atoms with Crippen molar-refractivity contribution in [2.45, 2.75) is 38.9 Å². The molecule has 6 aromatic rings. The Labute approximate surface area is 286 Å². The topological polar surface area (TPSA) is 138 Å². The lowest BCUT2D eigenvalue weighted by Gasteiger charge is -2.20. The van der Waals surface area contributed by atoms with Crippen LogP contribution in [-0.4, -0.2) is 48.5 Å². The third-order valence-corrected chi connectivity index (χ3v) is 8.83. The van der Waals surface area contributed by atoms with Crippen LogP contribution in [0.1, 0.15) is 29.5 Å². The van der Waals surface area contributed by atoms with Gasteiger partial charge in [-0.1, -0.05) is 29.8 Å². The van der Waals surface area contributed by atoms with Crippen molar-refractivity contribution in [3.8, 4) is 5.69 Å². The zero-order valence-corrected chi connectivity index (χ0v) is 27.2. The average molecular weight is 705 g/mol. The van der Waals surface area contributed by atoms with Crippen molar-refractivity contribution < 1.29 is 22.7 Å². The number of carbonyl (C=O) groups is 1. The second-order valence-corrected chi connectivity index (χ2v) is 12.2. The highest BCUT2D eigenvalue weighted by molar-refractivity contribution is 6.34. The van der Waals surface area contributed by atoms with E-state index in [-0.39, 0.29) is 46.8 Å². The van der Waals surface area contributed by atoms with Gasteiger partial charge < -0.3 is 15.4 Å². The number of benzene rings is 3. The molecule has 0 saturated carbocycles. The second-order valence-electron chi connectivity index (χ2n) is 11.8. The highest BCUT2D eigenvalue weighted by atomic mass is 35.5. The number of methoxy groups -OCH3 is 1. The van der Waals surface area contributed by atoms with Gasteiger partial charge in [0.15, 0.2) is 17.5 Å². The van der Waals surface area contributed by atoms with Crippen molar-refractivity contribution >= 4 is 50.8 Å². The summed E-state index contributed by atoms with van der Waals surface area (Å²) in [6.07, 6.45) is 5.55. The minimum absolute atomic E-state index is 0.0716. The number of carbonyl (C=O) groups excluding carboxylic acids is 1. The largest absolute Gasteiger partial charge is 0.383 e. The van der Waals surface area contributed by atoms with Crippen LogP contribution in [0.4, 0.5) is 24.8 Å². The fourth-order valence-corrected chi connectivity index (χ4v) is 6.45. The first kappa shape index (κ1) is 33.0. The molecular formula is C34H28ClF3N8O4. The van der Waals surface area contributed by atoms with Gasteiger partial charge in [-0.15, -0.1) is 0 Å². The molecule has 50 heavy (non-hydrogen) atoms. The van der Waals surface area contributed by atoms with E-state index in [9.17, 15) is 27.6 Å². The van der Waals surface area contributed by atoms with Gasteiger partial charge in [0, 0.05) is 48.6 Å². The summed E-state index contributed by atoms with van der Waals surface area (Å²) in [5, 5.41) is 12.5. The normalized spacial score (nSPS) is 13.4. The molecule has 0 fully saturated rings. The van der Waals surface area contributed by atoms with E-state index in [0.29, 0.717) is 58.8 Å². The molecule has 2 aliphatic rings. The first-order valence-electron chi connectivity index (χ1n) is 15.6. The predicted octanol–water partition coefficient (Wildman–Crippen LogP) is 4.75. The lowest BCUT2D eigenvalue weighted by molar-refractivity contribution is -0.121. The zero-order valence-electron chi connectivity index (χ0n) is 26.5. The molecule has 3 aromatic heterocycles. The van der Waals surface area contributed by atoms with Crippen molar-refractivity contribution in [3.63, 3.8) is 0 Å². The van der Waals surface area contributed by atoms with E-state index < -0.39 is 35.4 Å². The molecular weight excluding hydrogens is 677 g/mol. The fraction of sp³-hybridized carbons (Fsp3) is 0.235. The maximum Gasteiger partial charge on any atom is 0.359 e. The molecule has 0 aliphatic carbocycles. The minimum Gasteiger partial charge on any atom is -0.383 e. The van der Waals surface area contributed by atoms with Gasteiger partial charge in [0.25, 0.3) is 0 Å². The summed E-state index contributed by atoms with van der Waals surface area (Å²) in [5.41, 5.74) is 0.0863. The van der Waals surface area contributed by atoms with Gasteiger partial charge in [0.1, 0.15) is 0 Å². The molecule has 0 spiro atoms. The van der Waals surface area contributed by atoms with Crippen LogP contribution in [0.15, 0.2) is 64.6 Å². The lowest BCUT2D eigenvalue weighted by atomic mass is 10.0. The Hall–Kier alpha value is -5.54. The number of rotatable bonds is 5. The third-order valence-electron chi connectivity index (χ3n) is 8.53. The summed E-state index contributed by atoms with van der Waals surface area (Å²) in [6, 6.07) is 8.38. The Morgan fingerprint density at radius 2 is 1.84 bits per heavy atom. The summed E-state index contributed by atoms with van der Waals surface area (Å²) >= 11 is 6.83. The number of pyridine rings is 1. The van der Waals surface area contributed by atoms with Gasteiger partial charge in [-0.05, 0) is 47.7 Å². The summed E-state index contributed by atoms with van der Waals surface area (Å²) in [6.45, 7) is 0.399. The molecule has 2 N–H and O–H groups in total. The Kier molecular flexibility index (Phi) is 8.84. The van der Waals surface area contributed by atoms with Gasteiger partial charge in [-0.3, -0.25) is 19.0 Å². The first-order chi connectivity index (χ1) is 24.1. The molecule has 0 radical (unpaired) electrons. The van der Waals surface area contributed by atoms with E-state index in [0.717, 1.165) is 21.3 Å². The maximum atomic E-state index is 14.5. The number of anilines is 2. The van der Waals surface area contributed by atoms with Crippen molar-refractivity contribution in [2.75, 3.05) is 19.0 Å². The van der Waals surface area contributed by atoms with E-state index >= 15 is 0 Å². The number of amides is 1. The fourth-order valence-electron chi connectivity index (χ4n) is 6.19. The molecule has 0 unspecified atom stereocenters. The highest BCUT2D eigenvalue weighted by Crippen LogP contribution is 2.36. The number of ether oxygens (including phenoxy) is 1. The van der Waals surface area contributed by atoms with Crippen molar-refractivity contribution in [1.29, 1.82) is 0 Å². The Morgan fingerprint density at radius 3 is 2.62 bits per heavy atom. The van der Waals surface area contributed by atoms with Crippen LogP contribution in [0.5, 0.6) is 0 Å². The van der Waals surface area contributed by atoms with Gasteiger partial charge in [-0.25, -0.2) is 27.3 Å². The lowest BCUT2D eigenvalue weighted by Crippen LogP contribution is -2.42. The van der Waals surface area contributed by atoms with Crippen molar-refractivity contribution in [1.82, 2.24) is 34.2 Å². The average Bonchev–Trinajstić information content (AvgIpc) is 3.50. The van der Waals surface area contributed by atoms with E-state index in [1.54, 1.807) is 48.5 Å². The number of aromatic nitrogens is 6. The van der Waals surface area contributed by atoms with E-state index in [1.807, 2.05) is 0 Å². The summed E-state index contributed by atoms with van der Waals surface area (Å²) in [5.74, 6) is -5.08. The molecule has 12 nitrogen and oxygen atoms in total. The predicted molar refractivity (Wildman–Crippen MR) is 179 cm³/mol. The van der Waals surface area contributed by atoms with Crippen LogP contribution in [0.2, 0.25) is 5.02 Å². The number of halogens is 4. The van der Waals surface area contributed by atoms with Gasteiger partial charge in [0.05, 0.1) is 47.8 Å². The zero-order chi connectivity index (χ0) is 35.1. The third kappa shape index (κ3) is 6.09. The second kappa shape index (κ2) is 13.4. The van der Waals surface area contributed by atoms with Gasteiger partial charge in [0.2, 0.25) is 11.9 Å². The molecule has 5 heterocycles. The smallest absolute Gasteiger partial charge is 0.359 e. The van der Waals surface area contributed by atoms with Crippen LogP contribution in [0, 0.1) is 17.5 Å². The minimum atomic E-state index is -1.67. The molecule has 1 amide bonds. The first-order valence-corrected chi connectivity index (χ1v) is 15.9. The summed E-state index contributed by atoms with van der Waals surface area (Å²) in [7, 11) is 1.57. The number of hydrogen-bond acceptors (Lipinski definition) is 8. The molecule has 2 bridgehead atoms. The highest BCUT2D eigenvalue weighted by Gasteiger charge is 2.23. The van der Waals surface area contributed by atoms with E-state index in [4.69, 9.17) is 16.3 Å². The molecule has 2 aliphatic heterocycles. The number of fused-ring (bicyclic) bond motifs is 8. The van der Waals surface area contributed by atoms with E-state index in [2.05, 4.69) is 25.7 Å².